The zero-order chi connectivity index (χ0) is 14.4. The van der Waals surface area contributed by atoms with Gasteiger partial charge in [-0.2, -0.15) is 0 Å². The second-order valence-corrected chi connectivity index (χ2v) is 6.24. The van der Waals surface area contributed by atoms with Gasteiger partial charge in [0.05, 0.1) is 0 Å². The number of carbonyl (C=O) groups is 1. The molecular weight excluding hydrogens is 306 g/mol. The molecule has 0 radical (unpaired) electrons. The Morgan fingerprint density at radius 1 is 1.47 bits per heavy atom. The summed E-state index contributed by atoms with van der Waals surface area (Å²) in [6, 6.07) is 3.62. The molecule has 106 valence electrons. The van der Waals surface area contributed by atoms with Crippen LogP contribution in [0, 0.1) is 5.92 Å². The maximum absolute atomic E-state index is 12.2. The Kier molecular flexibility index (Phi) is 6.45. The van der Waals surface area contributed by atoms with Crippen LogP contribution in [0.4, 0.5) is 0 Å². The number of hydrogen-bond donors (Lipinski definition) is 1. The van der Waals surface area contributed by atoms with E-state index in [-0.39, 0.29) is 11.9 Å². The topological polar surface area (TPSA) is 45.2 Å². The summed E-state index contributed by atoms with van der Waals surface area (Å²) in [5.41, 5.74) is 0.634. The third-order valence-electron chi connectivity index (χ3n) is 2.67. The van der Waals surface area contributed by atoms with E-state index in [0.717, 1.165) is 13.0 Å². The zero-order valence-electron chi connectivity index (χ0n) is 12.0. The Labute approximate surface area is 123 Å². The summed E-state index contributed by atoms with van der Waals surface area (Å²) in [4.78, 5) is 18.3. The van der Waals surface area contributed by atoms with Crippen LogP contribution in [0.3, 0.4) is 0 Å². The van der Waals surface area contributed by atoms with Crippen LogP contribution in [0.5, 0.6) is 0 Å². The lowest BCUT2D eigenvalue weighted by Crippen LogP contribution is -2.42. The minimum absolute atomic E-state index is 0.0457. The van der Waals surface area contributed by atoms with Crippen LogP contribution in [0.2, 0.25) is 0 Å². The Hall–Kier alpha value is -0.940. The lowest BCUT2D eigenvalue weighted by Gasteiger charge is -2.24. The van der Waals surface area contributed by atoms with E-state index in [1.807, 2.05) is 14.1 Å². The SMILES string of the molecule is CC(C)CC(CN(C)C)NC(=O)c1ccnc(Br)c1. The Balaban J connectivity index is 2.69. The average molecular weight is 328 g/mol. The number of halogens is 1. The van der Waals surface area contributed by atoms with Crippen molar-refractivity contribution in [2.24, 2.45) is 5.92 Å². The molecule has 0 aliphatic heterocycles. The van der Waals surface area contributed by atoms with E-state index >= 15 is 0 Å². The lowest BCUT2D eigenvalue weighted by molar-refractivity contribution is 0.0924. The number of carbonyl (C=O) groups excluding carboxylic acids is 1. The fourth-order valence-corrected chi connectivity index (χ4v) is 2.37. The second-order valence-electron chi connectivity index (χ2n) is 5.43. The first kappa shape index (κ1) is 16.1. The average Bonchev–Trinajstić information content (AvgIpc) is 2.26. The number of nitrogens with zero attached hydrogens (tertiary/aromatic N) is 2. The van der Waals surface area contributed by atoms with E-state index in [1.54, 1.807) is 18.3 Å². The van der Waals surface area contributed by atoms with Gasteiger partial charge in [-0.15, -0.1) is 0 Å². The first-order chi connectivity index (χ1) is 8.88. The Morgan fingerprint density at radius 3 is 2.68 bits per heavy atom. The van der Waals surface area contributed by atoms with Crippen LogP contribution in [-0.4, -0.2) is 42.5 Å². The summed E-state index contributed by atoms with van der Waals surface area (Å²) < 4.78 is 0.674. The molecule has 19 heavy (non-hydrogen) atoms. The van der Waals surface area contributed by atoms with Gasteiger partial charge in [0.25, 0.3) is 5.91 Å². The molecule has 0 spiro atoms. The van der Waals surface area contributed by atoms with Crippen molar-refractivity contribution in [2.45, 2.75) is 26.3 Å². The minimum Gasteiger partial charge on any atom is -0.348 e. The fourth-order valence-electron chi connectivity index (χ4n) is 2.00. The molecule has 1 aromatic heterocycles. The van der Waals surface area contributed by atoms with Crippen molar-refractivity contribution >= 4 is 21.8 Å². The number of amides is 1. The van der Waals surface area contributed by atoms with Crippen LogP contribution in [-0.2, 0) is 0 Å². The van der Waals surface area contributed by atoms with Crippen molar-refractivity contribution in [1.82, 2.24) is 15.2 Å². The molecule has 1 aromatic rings. The molecule has 0 bridgehead atoms. The van der Waals surface area contributed by atoms with Gasteiger partial charge >= 0.3 is 0 Å². The number of nitrogens with one attached hydrogen (secondary N) is 1. The molecule has 0 saturated heterocycles. The third-order valence-corrected chi connectivity index (χ3v) is 3.10. The van der Waals surface area contributed by atoms with Crippen molar-refractivity contribution in [3.8, 4) is 0 Å². The number of pyridine rings is 1. The lowest BCUT2D eigenvalue weighted by atomic mass is 10.0. The molecule has 0 aliphatic carbocycles. The maximum atomic E-state index is 12.2. The molecule has 5 heteroatoms. The molecule has 1 heterocycles. The van der Waals surface area contributed by atoms with E-state index in [4.69, 9.17) is 0 Å². The van der Waals surface area contributed by atoms with Gasteiger partial charge in [-0.3, -0.25) is 4.79 Å². The molecule has 0 fully saturated rings. The standard InChI is InChI=1S/C14H22BrN3O/c1-10(2)7-12(9-18(3)4)17-14(19)11-5-6-16-13(15)8-11/h5-6,8,10,12H,7,9H2,1-4H3,(H,17,19). The Morgan fingerprint density at radius 2 is 2.16 bits per heavy atom. The van der Waals surface area contributed by atoms with Gasteiger partial charge in [0.1, 0.15) is 4.60 Å². The van der Waals surface area contributed by atoms with E-state index in [9.17, 15) is 4.79 Å². The molecule has 1 N–H and O–H groups in total. The summed E-state index contributed by atoms with van der Waals surface area (Å²) in [7, 11) is 4.03. The normalized spacial score (nSPS) is 12.8. The van der Waals surface area contributed by atoms with Crippen molar-refractivity contribution in [3.63, 3.8) is 0 Å². The fraction of sp³-hybridized carbons (Fsp3) is 0.571. The van der Waals surface area contributed by atoms with E-state index in [0.29, 0.717) is 16.1 Å². The quantitative estimate of drug-likeness (QED) is 0.817. The van der Waals surface area contributed by atoms with Crippen molar-refractivity contribution in [3.05, 3.63) is 28.5 Å². The van der Waals surface area contributed by atoms with Crippen molar-refractivity contribution in [2.75, 3.05) is 20.6 Å². The van der Waals surface area contributed by atoms with E-state index < -0.39 is 0 Å². The number of aromatic nitrogens is 1. The van der Waals surface area contributed by atoms with E-state index in [1.165, 1.54) is 0 Å². The first-order valence-corrected chi connectivity index (χ1v) is 7.25. The molecular formula is C14H22BrN3O. The summed E-state index contributed by atoms with van der Waals surface area (Å²) in [6.07, 6.45) is 2.60. The highest BCUT2D eigenvalue weighted by Gasteiger charge is 2.16. The van der Waals surface area contributed by atoms with Crippen molar-refractivity contribution in [1.29, 1.82) is 0 Å². The van der Waals surface area contributed by atoms with Crippen LogP contribution >= 0.6 is 15.9 Å². The zero-order valence-corrected chi connectivity index (χ0v) is 13.6. The predicted octanol–water partition coefficient (Wildman–Crippen LogP) is 2.55. The van der Waals surface area contributed by atoms with Gasteiger partial charge in [0, 0.05) is 24.3 Å². The van der Waals surface area contributed by atoms with Crippen LogP contribution in [0.1, 0.15) is 30.6 Å². The smallest absolute Gasteiger partial charge is 0.251 e. The van der Waals surface area contributed by atoms with Gasteiger partial charge in [-0.05, 0) is 54.5 Å². The van der Waals surface area contributed by atoms with Gasteiger partial charge in [-0.25, -0.2) is 4.98 Å². The van der Waals surface area contributed by atoms with Crippen LogP contribution in [0.15, 0.2) is 22.9 Å². The maximum Gasteiger partial charge on any atom is 0.251 e. The Bertz CT molecular complexity index is 411. The molecule has 1 rings (SSSR count). The summed E-state index contributed by atoms with van der Waals surface area (Å²) >= 11 is 3.28. The molecule has 4 nitrogen and oxygen atoms in total. The minimum atomic E-state index is -0.0457. The largest absolute Gasteiger partial charge is 0.348 e. The van der Waals surface area contributed by atoms with Gasteiger partial charge in [-0.1, -0.05) is 13.8 Å². The molecule has 1 unspecified atom stereocenters. The van der Waals surface area contributed by atoms with Crippen LogP contribution in [0.25, 0.3) is 0 Å². The highest BCUT2D eigenvalue weighted by molar-refractivity contribution is 9.10. The third kappa shape index (κ3) is 6.16. The highest BCUT2D eigenvalue weighted by Crippen LogP contribution is 2.10. The highest BCUT2D eigenvalue weighted by atomic mass is 79.9. The van der Waals surface area contributed by atoms with E-state index in [2.05, 4.69) is 45.0 Å². The number of likely N-dealkylation sites (N-methyl/N-ethyl adjacent to an activating group) is 1. The van der Waals surface area contributed by atoms with Crippen LogP contribution < -0.4 is 5.32 Å². The molecule has 0 aliphatic rings. The number of rotatable bonds is 6. The molecule has 0 saturated carbocycles. The van der Waals surface area contributed by atoms with Gasteiger partial charge in [0.2, 0.25) is 0 Å². The monoisotopic (exact) mass is 327 g/mol. The van der Waals surface area contributed by atoms with Gasteiger partial charge in [0.15, 0.2) is 0 Å². The number of hydrogen-bond acceptors (Lipinski definition) is 3. The summed E-state index contributed by atoms with van der Waals surface area (Å²) in [5, 5.41) is 3.09. The first-order valence-electron chi connectivity index (χ1n) is 6.45. The van der Waals surface area contributed by atoms with Crippen molar-refractivity contribution < 1.29 is 4.79 Å². The second kappa shape index (κ2) is 7.60. The predicted molar refractivity (Wildman–Crippen MR) is 81.2 cm³/mol. The summed E-state index contributed by atoms with van der Waals surface area (Å²) in [5.74, 6) is 0.505. The summed E-state index contributed by atoms with van der Waals surface area (Å²) in [6.45, 7) is 5.17. The molecule has 0 aromatic carbocycles. The molecule has 1 atom stereocenters. The van der Waals surface area contributed by atoms with Gasteiger partial charge < -0.3 is 10.2 Å². The molecule has 1 amide bonds.